The predicted molar refractivity (Wildman–Crippen MR) is 69.6 cm³/mol. The summed E-state index contributed by atoms with van der Waals surface area (Å²) in [7, 11) is 0. The van der Waals surface area contributed by atoms with E-state index in [0.717, 1.165) is 25.3 Å². The highest BCUT2D eigenvalue weighted by atomic mass is 16.3. The molecule has 0 amide bonds. The zero-order chi connectivity index (χ0) is 12.0. The Balaban J connectivity index is 2.20. The predicted octanol–water partition coefficient (Wildman–Crippen LogP) is 3.10. The highest BCUT2D eigenvalue weighted by molar-refractivity contribution is 4.80. The van der Waals surface area contributed by atoms with Crippen LogP contribution in [0.5, 0.6) is 0 Å². The quantitative estimate of drug-likeness (QED) is 0.700. The highest BCUT2D eigenvalue weighted by Crippen LogP contribution is 2.28. The lowest BCUT2D eigenvalue weighted by molar-refractivity contribution is 0.0296. The van der Waals surface area contributed by atoms with Crippen LogP contribution in [0.25, 0.3) is 0 Å². The summed E-state index contributed by atoms with van der Waals surface area (Å²) >= 11 is 0. The zero-order valence-electron chi connectivity index (χ0n) is 11.3. The van der Waals surface area contributed by atoms with Crippen LogP contribution in [0.3, 0.4) is 0 Å². The Labute approximate surface area is 101 Å². The van der Waals surface area contributed by atoms with Gasteiger partial charge in [0.15, 0.2) is 0 Å². The van der Waals surface area contributed by atoms with E-state index in [1.807, 2.05) is 0 Å². The molecule has 1 rings (SSSR count). The van der Waals surface area contributed by atoms with Crippen molar-refractivity contribution in [1.82, 2.24) is 5.32 Å². The molecule has 0 aliphatic heterocycles. The molecule has 96 valence electrons. The molecule has 0 spiro atoms. The minimum Gasteiger partial charge on any atom is -0.389 e. The van der Waals surface area contributed by atoms with Gasteiger partial charge in [0.2, 0.25) is 0 Å². The molecule has 0 aromatic heterocycles. The zero-order valence-corrected chi connectivity index (χ0v) is 11.3. The fraction of sp³-hybridized carbons (Fsp3) is 1.00. The molecule has 1 saturated carbocycles. The molecule has 16 heavy (non-hydrogen) atoms. The van der Waals surface area contributed by atoms with Gasteiger partial charge in [0, 0.05) is 12.6 Å². The molecule has 1 unspecified atom stereocenters. The molecule has 0 aromatic rings. The normalized spacial score (nSPS) is 20.2. The molecule has 0 saturated heterocycles. The number of aliphatic hydroxyl groups is 1. The Morgan fingerprint density at radius 2 is 1.81 bits per heavy atom. The number of rotatable bonds is 7. The summed E-state index contributed by atoms with van der Waals surface area (Å²) in [6.07, 6.45) is 8.63. The van der Waals surface area contributed by atoms with Gasteiger partial charge in [0.25, 0.3) is 0 Å². The van der Waals surface area contributed by atoms with Crippen LogP contribution in [0.1, 0.15) is 65.7 Å². The van der Waals surface area contributed by atoms with Crippen LogP contribution >= 0.6 is 0 Å². The van der Waals surface area contributed by atoms with E-state index in [2.05, 4.69) is 26.1 Å². The van der Waals surface area contributed by atoms with E-state index in [1.54, 1.807) is 0 Å². The summed E-state index contributed by atoms with van der Waals surface area (Å²) in [4.78, 5) is 0. The van der Waals surface area contributed by atoms with Crippen LogP contribution in [-0.2, 0) is 0 Å². The number of nitrogens with one attached hydrogen (secondary N) is 1. The summed E-state index contributed by atoms with van der Waals surface area (Å²) in [5.74, 6) is 0.929. The Morgan fingerprint density at radius 1 is 1.25 bits per heavy atom. The first-order valence-corrected chi connectivity index (χ1v) is 7.05. The molecule has 1 atom stereocenters. The average Bonchev–Trinajstić information content (AvgIpc) is 2.79. The Morgan fingerprint density at radius 3 is 2.31 bits per heavy atom. The number of hydrogen-bond donors (Lipinski definition) is 2. The summed E-state index contributed by atoms with van der Waals surface area (Å²) in [5, 5.41) is 13.7. The van der Waals surface area contributed by atoms with E-state index in [0.29, 0.717) is 6.04 Å². The molecule has 1 aliphatic carbocycles. The molecule has 2 heteroatoms. The third-order valence-corrected chi connectivity index (χ3v) is 4.26. The second kappa shape index (κ2) is 6.61. The Bertz CT molecular complexity index is 183. The van der Waals surface area contributed by atoms with Crippen molar-refractivity contribution < 1.29 is 5.11 Å². The van der Waals surface area contributed by atoms with E-state index >= 15 is 0 Å². The van der Waals surface area contributed by atoms with Crippen molar-refractivity contribution in [2.24, 2.45) is 5.92 Å². The molecule has 2 N–H and O–H groups in total. The lowest BCUT2D eigenvalue weighted by Crippen LogP contribution is -2.43. The van der Waals surface area contributed by atoms with Crippen LogP contribution < -0.4 is 5.32 Å². The maximum atomic E-state index is 10.2. The smallest absolute Gasteiger partial charge is 0.0766 e. The fourth-order valence-electron chi connectivity index (χ4n) is 2.69. The summed E-state index contributed by atoms with van der Waals surface area (Å²) in [6, 6.07) is 0.549. The molecule has 1 fully saturated rings. The largest absolute Gasteiger partial charge is 0.389 e. The lowest BCUT2D eigenvalue weighted by atomic mass is 9.95. The fourth-order valence-corrected chi connectivity index (χ4v) is 2.69. The highest BCUT2D eigenvalue weighted by Gasteiger charge is 2.23. The van der Waals surface area contributed by atoms with Gasteiger partial charge in [-0.1, -0.05) is 39.5 Å². The maximum Gasteiger partial charge on any atom is 0.0766 e. The van der Waals surface area contributed by atoms with Gasteiger partial charge in [0.1, 0.15) is 0 Å². The van der Waals surface area contributed by atoms with Crippen LogP contribution in [0.2, 0.25) is 0 Å². The minimum absolute atomic E-state index is 0.496. The SMILES string of the molecule is CCC(O)(CC)CNC(C)CC1CCCC1. The van der Waals surface area contributed by atoms with Crippen molar-refractivity contribution in [1.29, 1.82) is 0 Å². The Hall–Kier alpha value is -0.0800. The molecule has 0 radical (unpaired) electrons. The maximum absolute atomic E-state index is 10.2. The summed E-state index contributed by atoms with van der Waals surface area (Å²) in [6.45, 7) is 7.12. The van der Waals surface area contributed by atoms with Crippen LogP contribution in [0.4, 0.5) is 0 Å². The standard InChI is InChI=1S/C14H29NO/c1-4-14(16,5-2)11-15-12(3)10-13-8-6-7-9-13/h12-13,15-16H,4-11H2,1-3H3. The van der Waals surface area contributed by atoms with E-state index in [9.17, 15) is 5.11 Å². The van der Waals surface area contributed by atoms with Gasteiger partial charge in [-0.05, 0) is 32.1 Å². The molecule has 0 aromatic carbocycles. The second-order valence-electron chi connectivity index (χ2n) is 5.60. The molecular formula is C14H29NO. The first kappa shape index (κ1) is 14.0. The third kappa shape index (κ3) is 4.42. The third-order valence-electron chi connectivity index (χ3n) is 4.26. The Kier molecular flexibility index (Phi) is 5.77. The van der Waals surface area contributed by atoms with E-state index in [1.165, 1.54) is 32.1 Å². The van der Waals surface area contributed by atoms with Crippen molar-refractivity contribution >= 4 is 0 Å². The monoisotopic (exact) mass is 227 g/mol. The van der Waals surface area contributed by atoms with Crippen LogP contribution in [0, 0.1) is 5.92 Å². The van der Waals surface area contributed by atoms with E-state index in [-0.39, 0.29) is 0 Å². The summed E-state index contributed by atoms with van der Waals surface area (Å²) in [5.41, 5.74) is -0.496. The van der Waals surface area contributed by atoms with Crippen LogP contribution in [-0.4, -0.2) is 23.3 Å². The van der Waals surface area contributed by atoms with Crippen molar-refractivity contribution in [2.45, 2.75) is 77.4 Å². The van der Waals surface area contributed by atoms with Crippen LogP contribution in [0.15, 0.2) is 0 Å². The van der Waals surface area contributed by atoms with E-state index < -0.39 is 5.60 Å². The second-order valence-corrected chi connectivity index (χ2v) is 5.60. The molecule has 0 heterocycles. The molecular weight excluding hydrogens is 198 g/mol. The average molecular weight is 227 g/mol. The van der Waals surface area contributed by atoms with Crippen molar-refractivity contribution in [2.75, 3.05) is 6.54 Å². The van der Waals surface area contributed by atoms with Gasteiger partial charge in [-0.3, -0.25) is 0 Å². The van der Waals surface area contributed by atoms with Gasteiger partial charge in [0.05, 0.1) is 5.60 Å². The first-order valence-electron chi connectivity index (χ1n) is 7.05. The summed E-state index contributed by atoms with van der Waals surface area (Å²) < 4.78 is 0. The van der Waals surface area contributed by atoms with Gasteiger partial charge >= 0.3 is 0 Å². The van der Waals surface area contributed by atoms with E-state index in [4.69, 9.17) is 0 Å². The van der Waals surface area contributed by atoms with Gasteiger partial charge in [-0.2, -0.15) is 0 Å². The lowest BCUT2D eigenvalue weighted by Gasteiger charge is -2.28. The van der Waals surface area contributed by atoms with Gasteiger partial charge in [-0.15, -0.1) is 0 Å². The van der Waals surface area contributed by atoms with Crippen molar-refractivity contribution in [3.63, 3.8) is 0 Å². The van der Waals surface area contributed by atoms with Crippen molar-refractivity contribution in [3.05, 3.63) is 0 Å². The molecule has 1 aliphatic rings. The topological polar surface area (TPSA) is 32.3 Å². The number of hydrogen-bond acceptors (Lipinski definition) is 2. The first-order chi connectivity index (χ1) is 7.59. The van der Waals surface area contributed by atoms with Crippen molar-refractivity contribution in [3.8, 4) is 0 Å². The van der Waals surface area contributed by atoms with Gasteiger partial charge in [-0.25, -0.2) is 0 Å². The molecule has 0 bridgehead atoms. The minimum atomic E-state index is -0.496. The molecule has 2 nitrogen and oxygen atoms in total. The van der Waals surface area contributed by atoms with Gasteiger partial charge < -0.3 is 10.4 Å².